The highest BCUT2D eigenvalue weighted by Gasteiger charge is 2.50. The molecule has 1 saturated heterocycles. The van der Waals surface area contributed by atoms with Crippen LogP contribution >= 0.6 is 0 Å². The van der Waals surface area contributed by atoms with E-state index in [2.05, 4.69) is 0 Å². The number of fused-ring (bicyclic) bond motifs is 1. The Morgan fingerprint density at radius 1 is 1.39 bits per heavy atom. The van der Waals surface area contributed by atoms with Crippen molar-refractivity contribution in [2.24, 2.45) is 11.8 Å². The van der Waals surface area contributed by atoms with Crippen LogP contribution in [0.2, 0.25) is 0 Å². The molecule has 1 saturated carbocycles. The van der Waals surface area contributed by atoms with Gasteiger partial charge in [0, 0.05) is 12.6 Å². The van der Waals surface area contributed by atoms with Crippen molar-refractivity contribution in [3.05, 3.63) is 30.1 Å². The smallest absolute Gasteiger partial charge is 0.326 e. The Kier molecular flexibility index (Phi) is 4.24. The van der Waals surface area contributed by atoms with Gasteiger partial charge in [-0.2, -0.15) is 0 Å². The van der Waals surface area contributed by atoms with Gasteiger partial charge < -0.3 is 14.7 Å². The molecule has 5 nitrogen and oxygen atoms in total. The zero-order chi connectivity index (χ0) is 16.6. The Bertz CT molecular complexity index is 620. The summed E-state index contributed by atoms with van der Waals surface area (Å²) in [5, 5.41) is 9.50. The number of halogens is 1. The van der Waals surface area contributed by atoms with E-state index >= 15 is 0 Å². The van der Waals surface area contributed by atoms with Crippen LogP contribution in [0.4, 0.5) is 4.39 Å². The number of nitrogens with zero attached hydrogens (tertiary/aromatic N) is 1. The second kappa shape index (κ2) is 6.18. The van der Waals surface area contributed by atoms with Gasteiger partial charge in [0.1, 0.15) is 17.6 Å². The van der Waals surface area contributed by atoms with Gasteiger partial charge in [-0.3, -0.25) is 4.79 Å². The van der Waals surface area contributed by atoms with Crippen LogP contribution in [0, 0.1) is 17.7 Å². The van der Waals surface area contributed by atoms with Crippen molar-refractivity contribution in [1.29, 1.82) is 0 Å². The number of ether oxygens (including phenoxy) is 1. The Morgan fingerprint density at radius 3 is 2.87 bits per heavy atom. The van der Waals surface area contributed by atoms with E-state index in [0.29, 0.717) is 6.54 Å². The molecule has 124 valence electrons. The van der Waals surface area contributed by atoms with E-state index in [-0.39, 0.29) is 23.5 Å². The van der Waals surface area contributed by atoms with Crippen LogP contribution in [-0.4, -0.2) is 40.6 Å². The van der Waals surface area contributed by atoms with Gasteiger partial charge in [0.2, 0.25) is 0 Å². The largest absolute Gasteiger partial charge is 0.481 e. The Morgan fingerprint density at radius 2 is 2.17 bits per heavy atom. The van der Waals surface area contributed by atoms with Crippen LogP contribution in [0.15, 0.2) is 24.3 Å². The summed E-state index contributed by atoms with van der Waals surface area (Å²) >= 11 is 0. The van der Waals surface area contributed by atoms with Crippen molar-refractivity contribution in [2.45, 2.75) is 38.3 Å². The Hall–Kier alpha value is -2.11. The minimum absolute atomic E-state index is 0.0396. The molecule has 0 radical (unpaired) electrons. The number of hydrogen-bond donors (Lipinski definition) is 1. The Balaban J connectivity index is 1.72. The number of carbonyl (C=O) groups is 2. The lowest BCUT2D eigenvalue weighted by atomic mass is 9.94. The van der Waals surface area contributed by atoms with E-state index < -0.39 is 23.9 Å². The second-order valence-electron chi connectivity index (χ2n) is 6.35. The first-order chi connectivity index (χ1) is 11.0. The normalized spacial score (nSPS) is 27.6. The summed E-state index contributed by atoms with van der Waals surface area (Å²) in [5.74, 6) is -1.18. The van der Waals surface area contributed by atoms with Crippen molar-refractivity contribution in [3.8, 4) is 5.75 Å². The van der Waals surface area contributed by atoms with Crippen molar-refractivity contribution >= 4 is 11.9 Å². The van der Waals surface area contributed by atoms with Crippen LogP contribution in [0.25, 0.3) is 0 Å². The molecule has 1 heterocycles. The van der Waals surface area contributed by atoms with E-state index in [0.717, 1.165) is 19.3 Å². The van der Waals surface area contributed by atoms with Crippen LogP contribution < -0.4 is 4.74 Å². The molecule has 1 aromatic rings. The van der Waals surface area contributed by atoms with Crippen LogP contribution in [0.3, 0.4) is 0 Å². The van der Waals surface area contributed by atoms with E-state index in [4.69, 9.17) is 4.74 Å². The molecule has 6 heteroatoms. The van der Waals surface area contributed by atoms with E-state index in [9.17, 15) is 19.1 Å². The lowest BCUT2D eigenvalue weighted by Crippen LogP contribution is -2.48. The number of carbonyl (C=O) groups excluding carboxylic acids is 1. The van der Waals surface area contributed by atoms with Crippen molar-refractivity contribution in [3.63, 3.8) is 0 Å². The standard InChI is InChI=1S/C17H20FNO4/c1-10(23-13-6-3-5-12(18)8-13)16(20)19-9-11-4-2-7-14(11)15(19)17(21)22/h3,5-6,8,10-11,14-15H,2,4,7,9H2,1H3,(H,21,22). The van der Waals surface area contributed by atoms with Gasteiger partial charge >= 0.3 is 5.97 Å². The number of hydrogen-bond acceptors (Lipinski definition) is 3. The molecule has 3 rings (SSSR count). The summed E-state index contributed by atoms with van der Waals surface area (Å²) in [5.41, 5.74) is 0. The molecule has 1 aromatic carbocycles. The molecule has 2 aliphatic rings. The van der Waals surface area contributed by atoms with Crippen molar-refractivity contribution in [2.75, 3.05) is 6.54 Å². The first-order valence-corrected chi connectivity index (χ1v) is 7.93. The molecular formula is C17H20FNO4. The molecule has 1 aliphatic heterocycles. The predicted octanol–water partition coefficient (Wildman–Crippen LogP) is 2.30. The number of carboxylic acid groups (broad SMARTS) is 1. The van der Waals surface area contributed by atoms with Crippen LogP contribution in [-0.2, 0) is 9.59 Å². The van der Waals surface area contributed by atoms with E-state index in [1.165, 1.54) is 23.1 Å². The number of rotatable bonds is 4. The van der Waals surface area contributed by atoms with E-state index in [1.807, 2.05) is 0 Å². The lowest BCUT2D eigenvalue weighted by molar-refractivity contribution is -0.152. The molecule has 4 atom stereocenters. The minimum atomic E-state index is -0.953. The third-order valence-corrected chi connectivity index (χ3v) is 4.88. The quantitative estimate of drug-likeness (QED) is 0.924. The van der Waals surface area contributed by atoms with Gasteiger partial charge in [-0.05, 0) is 43.7 Å². The fourth-order valence-electron chi connectivity index (χ4n) is 3.88. The maximum atomic E-state index is 13.2. The lowest BCUT2D eigenvalue weighted by Gasteiger charge is -2.27. The highest BCUT2D eigenvalue weighted by molar-refractivity contribution is 5.87. The molecule has 0 bridgehead atoms. The summed E-state index contributed by atoms with van der Waals surface area (Å²) < 4.78 is 18.7. The molecule has 0 spiro atoms. The fourth-order valence-corrected chi connectivity index (χ4v) is 3.88. The van der Waals surface area contributed by atoms with Gasteiger partial charge in [0.15, 0.2) is 6.10 Å². The zero-order valence-electron chi connectivity index (χ0n) is 12.9. The molecule has 4 unspecified atom stereocenters. The third kappa shape index (κ3) is 3.02. The van der Waals surface area contributed by atoms with Gasteiger partial charge in [-0.1, -0.05) is 12.5 Å². The topological polar surface area (TPSA) is 66.8 Å². The first kappa shape index (κ1) is 15.8. The van der Waals surface area contributed by atoms with E-state index in [1.54, 1.807) is 13.0 Å². The summed E-state index contributed by atoms with van der Waals surface area (Å²) in [6, 6.07) is 4.80. The van der Waals surface area contributed by atoms with Crippen molar-refractivity contribution in [1.82, 2.24) is 4.90 Å². The molecule has 0 aromatic heterocycles. The van der Waals surface area contributed by atoms with Gasteiger partial charge in [0.05, 0.1) is 0 Å². The SMILES string of the molecule is CC(Oc1cccc(F)c1)C(=O)N1CC2CCCC2C1C(=O)O. The number of likely N-dealkylation sites (tertiary alicyclic amines) is 1. The van der Waals surface area contributed by atoms with Gasteiger partial charge in [-0.15, -0.1) is 0 Å². The molecule has 1 amide bonds. The number of benzene rings is 1. The summed E-state index contributed by atoms with van der Waals surface area (Å²) in [6.45, 7) is 2.04. The summed E-state index contributed by atoms with van der Waals surface area (Å²) in [7, 11) is 0. The Labute approximate surface area is 134 Å². The predicted molar refractivity (Wildman–Crippen MR) is 80.5 cm³/mol. The molecule has 1 aliphatic carbocycles. The highest BCUT2D eigenvalue weighted by atomic mass is 19.1. The molecule has 23 heavy (non-hydrogen) atoms. The maximum Gasteiger partial charge on any atom is 0.326 e. The minimum Gasteiger partial charge on any atom is -0.481 e. The average molecular weight is 321 g/mol. The highest BCUT2D eigenvalue weighted by Crippen LogP contribution is 2.42. The number of aliphatic carboxylic acids is 1. The molecular weight excluding hydrogens is 301 g/mol. The second-order valence-corrected chi connectivity index (χ2v) is 6.35. The maximum absolute atomic E-state index is 13.2. The first-order valence-electron chi connectivity index (χ1n) is 7.93. The molecule has 2 fully saturated rings. The summed E-state index contributed by atoms with van der Waals surface area (Å²) in [6.07, 6.45) is 2.00. The van der Waals surface area contributed by atoms with Gasteiger partial charge in [0.25, 0.3) is 5.91 Å². The van der Waals surface area contributed by atoms with Crippen molar-refractivity contribution < 1.29 is 23.8 Å². The number of carboxylic acids is 1. The third-order valence-electron chi connectivity index (χ3n) is 4.88. The number of amides is 1. The fraction of sp³-hybridized carbons (Fsp3) is 0.529. The zero-order valence-corrected chi connectivity index (χ0v) is 12.9. The average Bonchev–Trinajstić information content (AvgIpc) is 3.06. The van der Waals surface area contributed by atoms with Gasteiger partial charge in [-0.25, -0.2) is 9.18 Å². The molecule has 1 N–H and O–H groups in total. The van der Waals surface area contributed by atoms with Crippen LogP contribution in [0.1, 0.15) is 26.2 Å². The van der Waals surface area contributed by atoms with Crippen LogP contribution in [0.5, 0.6) is 5.75 Å². The summed E-state index contributed by atoms with van der Waals surface area (Å²) in [4.78, 5) is 25.7. The monoisotopic (exact) mass is 321 g/mol.